The molecule has 5 rings (SSSR count). The Morgan fingerprint density at radius 1 is 1.15 bits per heavy atom. The van der Waals surface area contributed by atoms with Gasteiger partial charge in [-0.15, -0.1) is 0 Å². The maximum Gasteiger partial charge on any atom is 0.260 e. The van der Waals surface area contributed by atoms with Gasteiger partial charge in [-0.05, 0) is 63.0 Å². The van der Waals surface area contributed by atoms with E-state index in [0.717, 1.165) is 50.8 Å². The number of hydrogen-bond donors (Lipinski definition) is 1. The smallest absolute Gasteiger partial charge is 0.260 e. The zero-order chi connectivity index (χ0) is 18.1. The summed E-state index contributed by atoms with van der Waals surface area (Å²) in [6.45, 7) is 3.49. The number of hydrogen-bond acceptors (Lipinski definition) is 4. The predicted molar refractivity (Wildman–Crippen MR) is 100 cm³/mol. The number of fused-ring (bicyclic) bond motifs is 5. The molecule has 2 bridgehead atoms. The SMILES string of the molecule is Cc1ccc2c(c1)C1CCC(CC1)OC[C@H]1[C@@H](N)CCCN1C(=O)CO2. The summed E-state index contributed by atoms with van der Waals surface area (Å²) in [5, 5.41) is 0. The molecular formula is C21H30N2O3. The summed E-state index contributed by atoms with van der Waals surface area (Å²) >= 11 is 0. The molecule has 26 heavy (non-hydrogen) atoms. The highest BCUT2D eigenvalue weighted by atomic mass is 16.5. The number of nitrogens with two attached hydrogens (primary N) is 1. The molecule has 1 amide bonds. The molecule has 5 nitrogen and oxygen atoms in total. The van der Waals surface area contributed by atoms with E-state index in [1.165, 1.54) is 11.1 Å². The van der Waals surface area contributed by atoms with Crippen LogP contribution >= 0.6 is 0 Å². The summed E-state index contributed by atoms with van der Waals surface area (Å²) in [5.41, 5.74) is 8.83. The van der Waals surface area contributed by atoms with Crippen LogP contribution < -0.4 is 10.5 Å². The monoisotopic (exact) mass is 358 g/mol. The Kier molecular flexibility index (Phi) is 5.18. The lowest BCUT2D eigenvalue weighted by Gasteiger charge is -2.40. The fraction of sp³-hybridized carbons (Fsp3) is 0.667. The molecule has 5 heteroatoms. The van der Waals surface area contributed by atoms with Crippen LogP contribution in [0.5, 0.6) is 5.75 Å². The van der Waals surface area contributed by atoms with Crippen LogP contribution in [0.3, 0.4) is 0 Å². The number of nitrogens with zero attached hydrogens (tertiary/aromatic N) is 1. The van der Waals surface area contributed by atoms with Crippen LogP contribution in [0, 0.1) is 6.92 Å². The Morgan fingerprint density at radius 2 is 1.96 bits per heavy atom. The van der Waals surface area contributed by atoms with E-state index in [0.29, 0.717) is 12.5 Å². The highest BCUT2D eigenvalue weighted by Gasteiger charge is 2.34. The summed E-state index contributed by atoms with van der Waals surface area (Å²) in [4.78, 5) is 14.7. The zero-order valence-electron chi connectivity index (χ0n) is 15.7. The molecule has 2 atom stereocenters. The van der Waals surface area contributed by atoms with Crippen LogP contribution in [0.15, 0.2) is 18.2 Å². The lowest BCUT2D eigenvalue weighted by molar-refractivity contribution is -0.140. The first kappa shape index (κ1) is 17.8. The van der Waals surface area contributed by atoms with Crippen molar-refractivity contribution in [1.29, 1.82) is 0 Å². The second-order valence-corrected chi connectivity index (χ2v) is 8.10. The van der Waals surface area contributed by atoms with Crippen molar-refractivity contribution < 1.29 is 14.3 Å². The average Bonchev–Trinajstić information content (AvgIpc) is 2.67. The maximum atomic E-state index is 12.8. The molecule has 2 N–H and O–H groups in total. The highest BCUT2D eigenvalue weighted by Crippen LogP contribution is 2.39. The molecule has 1 aromatic rings. The van der Waals surface area contributed by atoms with Crippen molar-refractivity contribution in [1.82, 2.24) is 4.90 Å². The van der Waals surface area contributed by atoms with Gasteiger partial charge in [0.05, 0.1) is 18.8 Å². The number of benzene rings is 1. The Morgan fingerprint density at radius 3 is 2.77 bits per heavy atom. The number of carbonyl (C=O) groups is 1. The van der Waals surface area contributed by atoms with Gasteiger partial charge in [0.1, 0.15) is 5.75 Å². The first-order valence-electron chi connectivity index (χ1n) is 10.0. The minimum Gasteiger partial charge on any atom is -0.483 e. The molecule has 4 aliphatic rings. The summed E-state index contributed by atoms with van der Waals surface area (Å²) < 4.78 is 12.3. The number of carbonyl (C=O) groups excluding carboxylic acids is 1. The molecule has 2 fully saturated rings. The summed E-state index contributed by atoms with van der Waals surface area (Å²) in [6, 6.07) is 6.28. The number of amides is 1. The van der Waals surface area contributed by atoms with E-state index < -0.39 is 0 Å². The number of aryl methyl sites for hydroxylation is 1. The van der Waals surface area contributed by atoms with Crippen LogP contribution in [0.4, 0.5) is 0 Å². The molecule has 1 aliphatic carbocycles. The van der Waals surface area contributed by atoms with Gasteiger partial charge >= 0.3 is 0 Å². The van der Waals surface area contributed by atoms with E-state index in [1.54, 1.807) is 0 Å². The van der Waals surface area contributed by atoms with E-state index in [2.05, 4.69) is 19.1 Å². The van der Waals surface area contributed by atoms with Crippen molar-refractivity contribution in [2.45, 2.75) is 69.6 Å². The second-order valence-electron chi connectivity index (χ2n) is 8.10. The minimum atomic E-state index is -0.0317. The zero-order valence-corrected chi connectivity index (χ0v) is 15.7. The third-order valence-electron chi connectivity index (χ3n) is 6.28. The first-order valence-corrected chi connectivity index (χ1v) is 10.0. The Balaban J connectivity index is 1.63. The van der Waals surface area contributed by atoms with Crippen LogP contribution in [0.2, 0.25) is 0 Å². The molecule has 142 valence electrons. The molecule has 0 unspecified atom stereocenters. The van der Waals surface area contributed by atoms with Gasteiger partial charge in [-0.25, -0.2) is 0 Å². The van der Waals surface area contributed by atoms with Crippen molar-refractivity contribution in [3.05, 3.63) is 29.3 Å². The van der Waals surface area contributed by atoms with E-state index in [4.69, 9.17) is 15.2 Å². The molecule has 0 spiro atoms. The average molecular weight is 358 g/mol. The molecule has 0 radical (unpaired) electrons. The summed E-state index contributed by atoms with van der Waals surface area (Å²) in [6.07, 6.45) is 6.53. The van der Waals surface area contributed by atoms with Crippen LogP contribution in [0.1, 0.15) is 55.6 Å². The van der Waals surface area contributed by atoms with Gasteiger partial charge in [0.15, 0.2) is 6.61 Å². The van der Waals surface area contributed by atoms with E-state index in [9.17, 15) is 4.79 Å². The van der Waals surface area contributed by atoms with E-state index in [1.807, 2.05) is 11.0 Å². The van der Waals surface area contributed by atoms with Crippen molar-refractivity contribution >= 4 is 5.91 Å². The molecule has 1 saturated carbocycles. The molecular weight excluding hydrogens is 328 g/mol. The summed E-state index contributed by atoms with van der Waals surface area (Å²) in [5.74, 6) is 1.38. The van der Waals surface area contributed by atoms with Gasteiger partial charge in [-0.3, -0.25) is 4.79 Å². The van der Waals surface area contributed by atoms with Gasteiger partial charge in [0.25, 0.3) is 5.91 Å². The lowest BCUT2D eigenvalue weighted by atomic mass is 9.82. The Labute approximate surface area is 155 Å². The summed E-state index contributed by atoms with van der Waals surface area (Å²) in [7, 11) is 0. The fourth-order valence-corrected chi connectivity index (χ4v) is 4.73. The first-order chi connectivity index (χ1) is 12.6. The standard InChI is InChI=1S/C21H30N2O3/c1-14-4-9-20-17(11-14)15-5-7-16(8-6-15)25-12-19-18(22)3-2-10-23(19)21(24)13-26-20/h4,9,11,15-16,18-19H,2-3,5-8,10,12-13,22H2,1H3/t15?,16?,18-,19-/m0/s1. The van der Waals surface area contributed by atoms with Gasteiger partial charge in [0, 0.05) is 12.6 Å². The molecule has 1 aromatic carbocycles. The van der Waals surface area contributed by atoms with Crippen molar-refractivity contribution in [3.8, 4) is 5.75 Å². The van der Waals surface area contributed by atoms with E-state index >= 15 is 0 Å². The molecule has 0 aromatic heterocycles. The van der Waals surface area contributed by atoms with Crippen molar-refractivity contribution in [2.75, 3.05) is 19.8 Å². The quantitative estimate of drug-likeness (QED) is 0.774. The minimum absolute atomic E-state index is 0.0101. The van der Waals surface area contributed by atoms with Gasteiger partial charge in [0.2, 0.25) is 0 Å². The third kappa shape index (κ3) is 3.60. The van der Waals surface area contributed by atoms with Crippen LogP contribution in [0.25, 0.3) is 0 Å². The largest absolute Gasteiger partial charge is 0.483 e. The topological polar surface area (TPSA) is 64.8 Å². The van der Waals surface area contributed by atoms with Crippen LogP contribution in [-0.2, 0) is 9.53 Å². The Hall–Kier alpha value is -1.59. The second kappa shape index (κ2) is 7.57. The van der Waals surface area contributed by atoms with Gasteiger partial charge in [-0.2, -0.15) is 0 Å². The Bertz CT molecular complexity index is 655. The molecule has 3 heterocycles. The van der Waals surface area contributed by atoms with Gasteiger partial charge < -0.3 is 20.1 Å². The van der Waals surface area contributed by atoms with Crippen LogP contribution in [-0.4, -0.2) is 48.8 Å². The number of rotatable bonds is 0. The highest BCUT2D eigenvalue weighted by molar-refractivity contribution is 5.78. The fourth-order valence-electron chi connectivity index (χ4n) is 4.73. The number of ether oxygens (including phenoxy) is 2. The maximum absolute atomic E-state index is 12.8. The van der Waals surface area contributed by atoms with Crippen molar-refractivity contribution in [3.63, 3.8) is 0 Å². The van der Waals surface area contributed by atoms with Gasteiger partial charge in [-0.1, -0.05) is 17.7 Å². The normalized spacial score (nSPS) is 32.5. The lowest BCUT2D eigenvalue weighted by Crippen LogP contribution is -2.57. The molecule has 1 saturated heterocycles. The third-order valence-corrected chi connectivity index (χ3v) is 6.28. The van der Waals surface area contributed by atoms with E-state index in [-0.39, 0.29) is 30.7 Å². The molecule has 3 aliphatic heterocycles. The number of piperidine rings is 1. The van der Waals surface area contributed by atoms with Crippen molar-refractivity contribution in [2.24, 2.45) is 5.73 Å². The predicted octanol–water partition coefficient (Wildman–Crippen LogP) is 2.75.